The number of hydrogen-bond donors (Lipinski definition) is 2. The predicted molar refractivity (Wildman–Crippen MR) is 118 cm³/mol. The summed E-state index contributed by atoms with van der Waals surface area (Å²) >= 11 is 6.05. The molecule has 0 radical (unpaired) electrons. The molecule has 0 spiro atoms. The molecule has 170 valence electrons. The molecule has 32 heavy (non-hydrogen) atoms. The first-order valence-electron chi connectivity index (χ1n) is 9.27. The number of rotatable bonds is 6. The van der Waals surface area contributed by atoms with Crippen LogP contribution in [0, 0.1) is 13.8 Å². The lowest BCUT2D eigenvalue weighted by Crippen LogP contribution is -2.19. The monoisotopic (exact) mass is 480 g/mol. The smallest absolute Gasteiger partial charge is 0.413 e. The van der Waals surface area contributed by atoms with Crippen molar-refractivity contribution in [1.82, 2.24) is 30.2 Å². The molecule has 3 aromatic heterocycles. The second-order valence-corrected chi connectivity index (χ2v) is 9.12. The van der Waals surface area contributed by atoms with Gasteiger partial charge in [0.05, 0.1) is 29.0 Å². The summed E-state index contributed by atoms with van der Waals surface area (Å²) in [5.74, 6) is 0.244. The van der Waals surface area contributed by atoms with E-state index in [9.17, 15) is 13.2 Å². The molecule has 0 fully saturated rings. The van der Waals surface area contributed by atoms with Crippen molar-refractivity contribution >= 4 is 39.2 Å². The van der Waals surface area contributed by atoms with Crippen LogP contribution >= 0.6 is 11.6 Å². The van der Waals surface area contributed by atoms with E-state index in [1.165, 1.54) is 4.68 Å². The Morgan fingerprint density at radius 1 is 1.22 bits per heavy atom. The number of ether oxygens (including phenoxy) is 1. The summed E-state index contributed by atoms with van der Waals surface area (Å²) in [5, 5.41) is 18.4. The lowest BCUT2D eigenvalue weighted by molar-refractivity contribution is 0.120. The van der Waals surface area contributed by atoms with E-state index in [0.717, 1.165) is 6.26 Å². The van der Waals surface area contributed by atoms with Gasteiger partial charge < -0.3 is 4.74 Å². The minimum absolute atomic E-state index is 0.140. The van der Waals surface area contributed by atoms with Crippen molar-refractivity contribution in [3.05, 3.63) is 40.3 Å². The molecule has 0 aromatic carbocycles. The number of nitrogens with one attached hydrogen (secondary N) is 2. The van der Waals surface area contributed by atoms with Crippen LogP contribution in [0.25, 0.3) is 11.4 Å². The number of nitrogens with zero attached hydrogens (tertiary/aromatic N) is 6. The van der Waals surface area contributed by atoms with Gasteiger partial charge in [-0.2, -0.15) is 5.10 Å². The SMILES string of the molecule is Cc1cc(C(C)OC(=O)Nc2c(-c3ccc(NS(C)(=O)=O)c(C)n3)nnn2C)c(Cl)nn1. The maximum absolute atomic E-state index is 12.5. The van der Waals surface area contributed by atoms with Crippen molar-refractivity contribution in [1.29, 1.82) is 0 Å². The zero-order valence-corrected chi connectivity index (χ0v) is 19.5. The van der Waals surface area contributed by atoms with E-state index in [4.69, 9.17) is 16.3 Å². The van der Waals surface area contributed by atoms with Crippen LogP contribution in [0.3, 0.4) is 0 Å². The van der Waals surface area contributed by atoms with Gasteiger partial charge in [-0.1, -0.05) is 16.8 Å². The van der Waals surface area contributed by atoms with Crippen molar-refractivity contribution < 1.29 is 17.9 Å². The molecular formula is C18H21ClN8O4S. The number of halogens is 1. The Hall–Kier alpha value is -3.32. The van der Waals surface area contributed by atoms with Crippen molar-refractivity contribution in [2.24, 2.45) is 7.05 Å². The van der Waals surface area contributed by atoms with Gasteiger partial charge in [0.15, 0.2) is 16.7 Å². The van der Waals surface area contributed by atoms with E-state index < -0.39 is 22.2 Å². The van der Waals surface area contributed by atoms with Gasteiger partial charge in [0, 0.05) is 12.6 Å². The number of sulfonamides is 1. The molecule has 12 nitrogen and oxygen atoms in total. The Kier molecular flexibility index (Phi) is 6.60. The Balaban J connectivity index is 1.81. The number of anilines is 2. The van der Waals surface area contributed by atoms with E-state index in [1.54, 1.807) is 46.0 Å². The zero-order chi connectivity index (χ0) is 23.6. The molecule has 1 unspecified atom stereocenters. The van der Waals surface area contributed by atoms with Crippen LogP contribution in [0.4, 0.5) is 16.3 Å². The second-order valence-electron chi connectivity index (χ2n) is 7.02. The summed E-state index contributed by atoms with van der Waals surface area (Å²) in [6.07, 6.45) is -0.404. The molecule has 3 aromatic rings. The summed E-state index contributed by atoms with van der Waals surface area (Å²) in [7, 11) is -1.86. The lowest BCUT2D eigenvalue weighted by Gasteiger charge is -2.15. The van der Waals surface area contributed by atoms with Crippen LogP contribution in [0.5, 0.6) is 0 Å². The van der Waals surface area contributed by atoms with E-state index in [-0.39, 0.29) is 16.7 Å². The highest BCUT2D eigenvalue weighted by Crippen LogP contribution is 2.28. The van der Waals surface area contributed by atoms with Gasteiger partial charge in [-0.05, 0) is 39.0 Å². The first-order chi connectivity index (χ1) is 14.9. The highest BCUT2D eigenvalue weighted by atomic mass is 35.5. The van der Waals surface area contributed by atoms with Crippen LogP contribution in [0.1, 0.15) is 30.0 Å². The van der Waals surface area contributed by atoms with Crippen LogP contribution in [0.15, 0.2) is 18.2 Å². The molecule has 0 aliphatic carbocycles. The molecular weight excluding hydrogens is 460 g/mol. The molecule has 0 aliphatic rings. The van der Waals surface area contributed by atoms with Gasteiger partial charge in [-0.25, -0.2) is 22.9 Å². The number of aryl methyl sites for hydroxylation is 3. The minimum Gasteiger partial charge on any atom is -0.441 e. The number of carbonyl (C=O) groups is 1. The average Bonchev–Trinajstić information content (AvgIpc) is 3.04. The van der Waals surface area contributed by atoms with Crippen LogP contribution in [-0.4, -0.2) is 50.9 Å². The van der Waals surface area contributed by atoms with E-state index in [2.05, 4.69) is 35.5 Å². The molecule has 3 heterocycles. The van der Waals surface area contributed by atoms with Crippen molar-refractivity contribution in [2.75, 3.05) is 16.3 Å². The van der Waals surface area contributed by atoms with E-state index in [1.807, 2.05) is 0 Å². The molecule has 0 bridgehead atoms. The fraction of sp³-hybridized carbons (Fsp3) is 0.333. The van der Waals surface area contributed by atoms with Crippen LogP contribution in [0.2, 0.25) is 5.15 Å². The third-order valence-corrected chi connectivity index (χ3v) is 5.18. The van der Waals surface area contributed by atoms with Crippen molar-refractivity contribution in [3.63, 3.8) is 0 Å². The summed E-state index contributed by atoms with van der Waals surface area (Å²) < 4.78 is 32.1. The van der Waals surface area contributed by atoms with E-state index >= 15 is 0 Å². The fourth-order valence-electron chi connectivity index (χ4n) is 2.80. The number of amides is 1. The third kappa shape index (κ3) is 5.48. The first kappa shape index (κ1) is 23.3. The zero-order valence-electron chi connectivity index (χ0n) is 17.9. The number of hydrogen-bond acceptors (Lipinski definition) is 9. The molecule has 1 atom stereocenters. The molecule has 0 saturated heterocycles. The molecule has 1 amide bonds. The Bertz CT molecular complexity index is 1280. The first-order valence-corrected chi connectivity index (χ1v) is 11.5. The highest BCUT2D eigenvalue weighted by molar-refractivity contribution is 7.92. The predicted octanol–water partition coefficient (Wildman–Crippen LogP) is 2.62. The molecule has 3 rings (SSSR count). The lowest BCUT2D eigenvalue weighted by atomic mass is 10.2. The van der Waals surface area contributed by atoms with Gasteiger partial charge >= 0.3 is 6.09 Å². The van der Waals surface area contributed by atoms with Gasteiger partial charge in [0.2, 0.25) is 10.0 Å². The van der Waals surface area contributed by atoms with Gasteiger partial charge in [-0.3, -0.25) is 10.0 Å². The van der Waals surface area contributed by atoms with E-state index in [0.29, 0.717) is 28.3 Å². The maximum atomic E-state index is 12.5. The van der Waals surface area contributed by atoms with Gasteiger partial charge in [0.1, 0.15) is 6.10 Å². The summed E-state index contributed by atoms with van der Waals surface area (Å²) in [4.78, 5) is 16.9. The molecule has 14 heteroatoms. The van der Waals surface area contributed by atoms with Crippen molar-refractivity contribution in [3.8, 4) is 11.4 Å². The molecule has 0 aliphatic heterocycles. The number of aromatic nitrogens is 6. The quantitative estimate of drug-likeness (QED) is 0.541. The Labute approximate surface area is 189 Å². The Morgan fingerprint density at radius 2 is 1.94 bits per heavy atom. The normalized spacial score (nSPS) is 12.3. The minimum atomic E-state index is -3.45. The summed E-state index contributed by atoms with van der Waals surface area (Å²) in [6, 6.07) is 4.80. The largest absolute Gasteiger partial charge is 0.441 e. The van der Waals surface area contributed by atoms with Gasteiger partial charge in [0.25, 0.3) is 0 Å². The second kappa shape index (κ2) is 9.04. The summed E-state index contributed by atoms with van der Waals surface area (Å²) in [5.41, 5.74) is 2.58. The number of pyridine rings is 1. The Morgan fingerprint density at radius 3 is 2.59 bits per heavy atom. The van der Waals surface area contributed by atoms with Crippen LogP contribution < -0.4 is 10.0 Å². The topological polar surface area (TPSA) is 154 Å². The maximum Gasteiger partial charge on any atom is 0.413 e. The number of carbonyl (C=O) groups excluding carboxylic acids is 1. The van der Waals surface area contributed by atoms with Crippen LogP contribution in [-0.2, 0) is 21.8 Å². The third-order valence-electron chi connectivity index (χ3n) is 4.29. The average molecular weight is 481 g/mol. The summed E-state index contributed by atoms with van der Waals surface area (Å²) in [6.45, 7) is 5.05. The molecule has 0 saturated carbocycles. The standard InChI is InChI=1S/C18H21ClN8O4S/c1-9-8-12(16(19)24-22-9)11(3)31-18(28)21-17-15(23-26-27(17)4)14-7-6-13(10(2)20-14)25-32(5,29)30/h6-8,11,25H,1-5H3,(H,21,28). The molecule has 2 N–H and O–H groups in total. The highest BCUT2D eigenvalue weighted by Gasteiger charge is 2.21. The fourth-order valence-corrected chi connectivity index (χ4v) is 3.66. The van der Waals surface area contributed by atoms with Crippen molar-refractivity contribution in [2.45, 2.75) is 26.9 Å². The van der Waals surface area contributed by atoms with Gasteiger partial charge in [-0.15, -0.1) is 10.2 Å².